The number of halogens is 1. The van der Waals surface area contributed by atoms with Crippen LogP contribution < -0.4 is 5.32 Å². The molecular formula is C17H25IN4. The van der Waals surface area contributed by atoms with Gasteiger partial charge in [-0.1, -0.05) is 24.3 Å². The Morgan fingerprint density at radius 3 is 2.86 bits per heavy atom. The summed E-state index contributed by atoms with van der Waals surface area (Å²) in [6, 6.07) is 10.5. The lowest BCUT2D eigenvalue weighted by atomic mass is 10.2. The molecule has 1 heterocycles. The van der Waals surface area contributed by atoms with Gasteiger partial charge in [0.1, 0.15) is 0 Å². The minimum absolute atomic E-state index is 0. The van der Waals surface area contributed by atoms with Gasteiger partial charge < -0.3 is 15.2 Å². The van der Waals surface area contributed by atoms with Gasteiger partial charge in [-0.05, 0) is 30.4 Å². The van der Waals surface area contributed by atoms with Gasteiger partial charge in [0, 0.05) is 31.9 Å². The largest absolute Gasteiger partial charge is 0.357 e. The van der Waals surface area contributed by atoms with Crippen LogP contribution in [0.25, 0.3) is 10.9 Å². The SMILES string of the molecule is C=CCCCN(C)C(=NC)NCc1cc2ccccc2[nH]1.I. The molecule has 0 aliphatic carbocycles. The molecule has 1 aromatic heterocycles. The zero-order chi connectivity index (χ0) is 15.1. The van der Waals surface area contributed by atoms with Crippen LogP contribution in [-0.4, -0.2) is 36.5 Å². The van der Waals surface area contributed by atoms with E-state index in [4.69, 9.17) is 0 Å². The summed E-state index contributed by atoms with van der Waals surface area (Å²) in [4.78, 5) is 9.89. The number of benzene rings is 1. The van der Waals surface area contributed by atoms with E-state index in [0.717, 1.165) is 37.6 Å². The van der Waals surface area contributed by atoms with E-state index < -0.39 is 0 Å². The number of aliphatic imine (C=N–C) groups is 1. The fraction of sp³-hybridized carbons (Fsp3) is 0.353. The van der Waals surface area contributed by atoms with E-state index >= 15 is 0 Å². The Morgan fingerprint density at radius 1 is 1.41 bits per heavy atom. The first-order chi connectivity index (χ1) is 10.2. The molecule has 4 nitrogen and oxygen atoms in total. The molecule has 0 saturated heterocycles. The van der Waals surface area contributed by atoms with Crippen LogP contribution in [0.4, 0.5) is 0 Å². The number of para-hydroxylation sites is 1. The average molecular weight is 412 g/mol. The second-order valence-corrected chi connectivity index (χ2v) is 5.14. The maximum Gasteiger partial charge on any atom is 0.193 e. The van der Waals surface area contributed by atoms with Gasteiger partial charge in [0.25, 0.3) is 0 Å². The third-order valence-electron chi connectivity index (χ3n) is 3.50. The highest BCUT2D eigenvalue weighted by atomic mass is 127. The molecule has 22 heavy (non-hydrogen) atoms. The number of aromatic amines is 1. The smallest absolute Gasteiger partial charge is 0.193 e. The normalized spacial score (nSPS) is 11.1. The van der Waals surface area contributed by atoms with Crippen molar-refractivity contribution < 1.29 is 0 Å². The summed E-state index contributed by atoms with van der Waals surface area (Å²) in [6.45, 7) is 5.46. The molecule has 2 N–H and O–H groups in total. The molecule has 0 bridgehead atoms. The quantitative estimate of drug-likeness (QED) is 0.250. The molecule has 0 spiro atoms. The summed E-state index contributed by atoms with van der Waals surface area (Å²) < 4.78 is 0. The first-order valence-electron chi connectivity index (χ1n) is 7.34. The Kier molecular flexibility index (Phi) is 8.01. The van der Waals surface area contributed by atoms with Gasteiger partial charge in [-0.15, -0.1) is 30.6 Å². The highest BCUT2D eigenvalue weighted by molar-refractivity contribution is 14.0. The zero-order valence-electron chi connectivity index (χ0n) is 13.3. The molecular weight excluding hydrogens is 387 g/mol. The van der Waals surface area contributed by atoms with E-state index in [1.807, 2.05) is 19.2 Å². The molecule has 0 aliphatic heterocycles. The van der Waals surface area contributed by atoms with Crippen LogP contribution in [0, 0.1) is 0 Å². The molecule has 2 rings (SSSR count). The van der Waals surface area contributed by atoms with Crippen LogP contribution in [0.15, 0.2) is 48.0 Å². The van der Waals surface area contributed by atoms with Crippen LogP contribution in [0.3, 0.4) is 0 Å². The van der Waals surface area contributed by atoms with Gasteiger partial charge in [0.15, 0.2) is 5.96 Å². The predicted molar refractivity (Wildman–Crippen MR) is 106 cm³/mol. The Labute approximate surface area is 149 Å². The van der Waals surface area contributed by atoms with Gasteiger partial charge in [-0.3, -0.25) is 4.99 Å². The predicted octanol–water partition coefficient (Wildman–Crippen LogP) is 3.76. The second kappa shape index (κ2) is 9.50. The van der Waals surface area contributed by atoms with Crippen molar-refractivity contribution in [1.29, 1.82) is 0 Å². The molecule has 120 valence electrons. The van der Waals surface area contributed by atoms with Crippen molar-refractivity contribution in [2.75, 3.05) is 20.6 Å². The number of hydrogen-bond donors (Lipinski definition) is 2. The van der Waals surface area contributed by atoms with Crippen molar-refractivity contribution in [3.05, 3.63) is 48.7 Å². The molecule has 0 atom stereocenters. The van der Waals surface area contributed by atoms with Crippen LogP contribution in [-0.2, 0) is 6.54 Å². The highest BCUT2D eigenvalue weighted by Gasteiger charge is 2.06. The lowest BCUT2D eigenvalue weighted by Gasteiger charge is -2.21. The van der Waals surface area contributed by atoms with Gasteiger partial charge in [0.2, 0.25) is 0 Å². The lowest BCUT2D eigenvalue weighted by Crippen LogP contribution is -2.39. The standard InChI is InChI=1S/C17H24N4.HI/c1-4-5-8-11-21(3)17(18-2)19-13-15-12-14-9-6-7-10-16(14)20-15;/h4,6-7,9-10,12,20H,1,5,8,11,13H2,2-3H3,(H,18,19);1H. The number of allylic oxidation sites excluding steroid dienone is 1. The minimum atomic E-state index is 0. The molecule has 0 aliphatic rings. The second-order valence-electron chi connectivity index (χ2n) is 5.14. The number of hydrogen-bond acceptors (Lipinski definition) is 1. The van der Waals surface area contributed by atoms with Crippen molar-refractivity contribution in [3.63, 3.8) is 0 Å². The molecule has 0 radical (unpaired) electrons. The number of fused-ring (bicyclic) bond motifs is 1. The first-order valence-corrected chi connectivity index (χ1v) is 7.34. The summed E-state index contributed by atoms with van der Waals surface area (Å²) in [5.74, 6) is 0.915. The Morgan fingerprint density at radius 2 is 2.18 bits per heavy atom. The van der Waals surface area contributed by atoms with Gasteiger partial charge in [-0.25, -0.2) is 0 Å². The van der Waals surface area contributed by atoms with Crippen LogP contribution >= 0.6 is 24.0 Å². The van der Waals surface area contributed by atoms with Gasteiger partial charge in [0.05, 0.1) is 6.54 Å². The summed E-state index contributed by atoms with van der Waals surface area (Å²) in [6.07, 6.45) is 4.07. The van der Waals surface area contributed by atoms with E-state index in [2.05, 4.69) is 58.1 Å². The van der Waals surface area contributed by atoms with E-state index in [-0.39, 0.29) is 24.0 Å². The molecule has 2 aromatic rings. The van der Waals surface area contributed by atoms with Crippen LogP contribution in [0.5, 0.6) is 0 Å². The topological polar surface area (TPSA) is 43.4 Å². The molecule has 5 heteroatoms. The number of guanidine groups is 1. The van der Waals surface area contributed by atoms with E-state index in [0.29, 0.717) is 0 Å². The third kappa shape index (κ3) is 5.05. The van der Waals surface area contributed by atoms with E-state index in [1.165, 1.54) is 10.9 Å². The van der Waals surface area contributed by atoms with Gasteiger partial charge >= 0.3 is 0 Å². The maximum atomic E-state index is 4.33. The number of nitrogens with one attached hydrogen (secondary N) is 2. The van der Waals surface area contributed by atoms with Crippen LogP contribution in [0.1, 0.15) is 18.5 Å². The molecule has 0 amide bonds. The average Bonchev–Trinajstić information content (AvgIpc) is 2.91. The highest BCUT2D eigenvalue weighted by Crippen LogP contribution is 2.14. The Balaban J connectivity index is 0.00000242. The summed E-state index contributed by atoms with van der Waals surface area (Å²) in [7, 11) is 3.88. The summed E-state index contributed by atoms with van der Waals surface area (Å²) >= 11 is 0. The Hall–Kier alpha value is -1.50. The van der Waals surface area contributed by atoms with Crippen molar-refractivity contribution in [3.8, 4) is 0 Å². The molecule has 0 saturated carbocycles. The Bertz CT molecular complexity index is 585. The number of aromatic nitrogens is 1. The van der Waals surface area contributed by atoms with Crippen molar-refractivity contribution in [1.82, 2.24) is 15.2 Å². The fourth-order valence-corrected chi connectivity index (χ4v) is 2.37. The minimum Gasteiger partial charge on any atom is -0.357 e. The number of rotatable bonds is 6. The van der Waals surface area contributed by atoms with Crippen molar-refractivity contribution in [2.45, 2.75) is 19.4 Å². The van der Waals surface area contributed by atoms with Crippen molar-refractivity contribution >= 4 is 40.8 Å². The molecule has 0 fully saturated rings. The summed E-state index contributed by atoms with van der Waals surface area (Å²) in [5.41, 5.74) is 2.33. The summed E-state index contributed by atoms with van der Waals surface area (Å²) in [5, 5.41) is 4.63. The van der Waals surface area contributed by atoms with E-state index in [9.17, 15) is 0 Å². The first kappa shape index (κ1) is 18.5. The van der Waals surface area contributed by atoms with Crippen molar-refractivity contribution in [2.24, 2.45) is 4.99 Å². The van der Waals surface area contributed by atoms with E-state index in [1.54, 1.807) is 0 Å². The molecule has 0 unspecified atom stereocenters. The number of unbranched alkanes of at least 4 members (excludes halogenated alkanes) is 1. The monoisotopic (exact) mass is 412 g/mol. The van der Waals surface area contributed by atoms with Crippen LogP contribution in [0.2, 0.25) is 0 Å². The molecule has 1 aromatic carbocycles. The number of nitrogens with zero attached hydrogens (tertiary/aromatic N) is 2. The third-order valence-corrected chi connectivity index (χ3v) is 3.50. The zero-order valence-corrected chi connectivity index (χ0v) is 15.6. The maximum absolute atomic E-state index is 4.33. The number of H-pyrrole nitrogens is 1. The lowest BCUT2D eigenvalue weighted by molar-refractivity contribution is 0.469. The van der Waals surface area contributed by atoms with Gasteiger partial charge in [-0.2, -0.15) is 0 Å². The fourth-order valence-electron chi connectivity index (χ4n) is 2.37.